The van der Waals surface area contributed by atoms with E-state index in [4.69, 9.17) is 0 Å². The standard InChI is InChI=1S/C20H27N3O2/c24-18(22-13-15-4-5-15)16-3-1-12-23(14-16)19(25)20(8-2-9-20)17-6-10-21-11-7-17/h6-7,10-11,15-16H,1-5,8-9,12-14H2,(H,22,24). The first-order chi connectivity index (χ1) is 12.2. The van der Waals surface area contributed by atoms with E-state index >= 15 is 0 Å². The summed E-state index contributed by atoms with van der Waals surface area (Å²) in [5, 5.41) is 3.09. The van der Waals surface area contributed by atoms with Gasteiger partial charge in [0.1, 0.15) is 0 Å². The predicted octanol–water partition coefficient (Wildman–Crippen LogP) is 2.27. The van der Waals surface area contributed by atoms with Crippen LogP contribution in [0.5, 0.6) is 0 Å². The number of carbonyl (C=O) groups excluding carboxylic acids is 2. The van der Waals surface area contributed by atoms with E-state index < -0.39 is 0 Å². The minimum Gasteiger partial charge on any atom is -0.356 e. The zero-order valence-corrected chi connectivity index (χ0v) is 14.7. The van der Waals surface area contributed by atoms with Crippen molar-refractivity contribution >= 4 is 11.8 Å². The first kappa shape index (κ1) is 16.6. The van der Waals surface area contributed by atoms with Gasteiger partial charge in [0, 0.05) is 32.0 Å². The molecule has 4 rings (SSSR count). The van der Waals surface area contributed by atoms with Crippen LogP contribution in [-0.4, -0.2) is 41.3 Å². The number of aromatic nitrogens is 1. The summed E-state index contributed by atoms with van der Waals surface area (Å²) in [6, 6.07) is 3.95. The number of amides is 2. The molecule has 1 aromatic heterocycles. The van der Waals surface area contributed by atoms with Crippen LogP contribution in [0.25, 0.3) is 0 Å². The molecule has 0 bridgehead atoms. The number of hydrogen-bond donors (Lipinski definition) is 1. The molecular weight excluding hydrogens is 314 g/mol. The minimum absolute atomic E-state index is 0.0500. The molecule has 3 fully saturated rings. The number of nitrogens with one attached hydrogen (secondary N) is 1. The van der Waals surface area contributed by atoms with Crippen molar-refractivity contribution in [1.29, 1.82) is 0 Å². The summed E-state index contributed by atoms with van der Waals surface area (Å²) >= 11 is 0. The number of hydrogen-bond acceptors (Lipinski definition) is 3. The zero-order valence-electron chi connectivity index (χ0n) is 14.7. The van der Waals surface area contributed by atoms with Gasteiger partial charge in [0.2, 0.25) is 11.8 Å². The molecule has 1 aromatic rings. The lowest BCUT2D eigenvalue weighted by molar-refractivity contribution is -0.144. The van der Waals surface area contributed by atoms with Crippen molar-refractivity contribution in [3.8, 4) is 0 Å². The van der Waals surface area contributed by atoms with E-state index in [1.165, 1.54) is 12.8 Å². The Morgan fingerprint density at radius 3 is 2.56 bits per heavy atom. The van der Waals surface area contributed by atoms with Crippen molar-refractivity contribution < 1.29 is 9.59 Å². The first-order valence-corrected chi connectivity index (χ1v) is 9.67. The van der Waals surface area contributed by atoms with Gasteiger partial charge in [0.25, 0.3) is 0 Å². The Labute approximate surface area is 149 Å². The van der Waals surface area contributed by atoms with Gasteiger partial charge in [-0.1, -0.05) is 6.42 Å². The van der Waals surface area contributed by atoms with Crippen molar-refractivity contribution in [3.63, 3.8) is 0 Å². The third kappa shape index (κ3) is 3.29. The van der Waals surface area contributed by atoms with E-state index in [-0.39, 0.29) is 23.1 Å². The van der Waals surface area contributed by atoms with Gasteiger partial charge in [-0.05, 0) is 62.1 Å². The quantitative estimate of drug-likeness (QED) is 0.894. The number of piperidine rings is 1. The van der Waals surface area contributed by atoms with Crippen LogP contribution in [0.4, 0.5) is 0 Å². The molecule has 25 heavy (non-hydrogen) atoms. The maximum absolute atomic E-state index is 13.3. The van der Waals surface area contributed by atoms with Crippen LogP contribution in [-0.2, 0) is 15.0 Å². The van der Waals surface area contributed by atoms with E-state index in [0.717, 1.165) is 50.8 Å². The summed E-state index contributed by atoms with van der Waals surface area (Å²) in [5.41, 5.74) is 0.703. The van der Waals surface area contributed by atoms with Crippen molar-refractivity contribution in [3.05, 3.63) is 30.1 Å². The molecule has 134 valence electrons. The lowest BCUT2D eigenvalue weighted by Crippen LogP contribution is -2.55. The topological polar surface area (TPSA) is 62.3 Å². The summed E-state index contributed by atoms with van der Waals surface area (Å²) in [6.45, 7) is 2.16. The Morgan fingerprint density at radius 1 is 1.16 bits per heavy atom. The van der Waals surface area contributed by atoms with Crippen molar-refractivity contribution in [2.75, 3.05) is 19.6 Å². The highest BCUT2D eigenvalue weighted by Crippen LogP contribution is 2.45. The van der Waals surface area contributed by atoms with Crippen LogP contribution in [0.2, 0.25) is 0 Å². The Kier molecular flexibility index (Phi) is 4.48. The maximum Gasteiger partial charge on any atom is 0.233 e. The van der Waals surface area contributed by atoms with Crippen LogP contribution in [0.15, 0.2) is 24.5 Å². The summed E-state index contributed by atoms with van der Waals surface area (Å²) in [5.74, 6) is 0.988. The molecule has 3 aliphatic rings. The number of likely N-dealkylation sites (tertiary alicyclic amines) is 1. The molecule has 1 saturated heterocycles. The van der Waals surface area contributed by atoms with E-state index in [1.807, 2.05) is 17.0 Å². The lowest BCUT2D eigenvalue weighted by atomic mass is 9.63. The van der Waals surface area contributed by atoms with Gasteiger partial charge in [-0.3, -0.25) is 14.6 Å². The second-order valence-electron chi connectivity index (χ2n) is 7.95. The molecule has 0 aromatic carbocycles. The fraction of sp³-hybridized carbons (Fsp3) is 0.650. The van der Waals surface area contributed by atoms with Gasteiger partial charge >= 0.3 is 0 Å². The Morgan fingerprint density at radius 2 is 1.92 bits per heavy atom. The van der Waals surface area contributed by atoms with E-state index in [9.17, 15) is 9.59 Å². The molecule has 0 spiro atoms. The number of nitrogens with zero attached hydrogens (tertiary/aromatic N) is 2. The molecule has 0 radical (unpaired) electrons. The number of pyridine rings is 1. The summed E-state index contributed by atoms with van der Waals surface area (Å²) < 4.78 is 0. The number of rotatable bonds is 5. The van der Waals surface area contributed by atoms with Gasteiger partial charge in [-0.15, -0.1) is 0 Å². The Bertz CT molecular complexity index is 638. The molecule has 1 aliphatic heterocycles. The molecular formula is C20H27N3O2. The molecule has 1 N–H and O–H groups in total. The highest BCUT2D eigenvalue weighted by Gasteiger charge is 2.48. The second kappa shape index (κ2) is 6.77. The molecule has 2 saturated carbocycles. The molecule has 2 heterocycles. The second-order valence-corrected chi connectivity index (χ2v) is 7.95. The van der Waals surface area contributed by atoms with E-state index in [1.54, 1.807) is 12.4 Å². The summed E-state index contributed by atoms with van der Waals surface area (Å²) in [7, 11) is 0. The summed E-state index contributed by atoms with van der Waals surface area (Å²) in [4.78, 5) is 31.8. The Balaban J connectivity index is 1.43. The van der Waals surface area contributed by atoms with Gasteiger partial charge in [0.05, 0.1) is 11.3 Å². The van der Waals surface area contributed by atoms with Crippen molar-refractivity contribution in [2.45, 2.75) is 50.4 Å². The fourth-order valence-corrected chi connectivity index (χ4v) is 4.22. The molecule has 2 amide bonds. The summed E-state index contributed by atoms with van der Waals surface area (Å²) in [6.07, 6.45) is 10.7. The third-order valence-electron chi connectivity index (χ3n) is 6.19. The lowest BCUT2D eigenvalue weighted by Gasteiger charge is -2.45. The first-order valence-electron chi connectivity index (χ1n) is 9.67. The van der Waals surface area contributed by atoms with Crippen molar-refractivity contribution in [2.24, 2.45) is 11.8 Å². The van der Waals surface area contributed by atoms with Crippen LogP contribution < -0.4 is 5.32 Å². The molecule has 5 heteroatoms. The van der Waals surface area contributed by atoms with Crippen LogP contribution in [0, 0.1) is 11.8 Å². The predicted molar refractivity (Wildman–Crippen MR) is 94.8 cm³/mol. The SMILES string of the molecule is O=C(NCC1CC1)C1CCCN(C(=O)C2(c3ccncc3)CCC2)C1. The van der Waals surface area contributed by atoms with Gasteiger partial charge < -0.3 is 10.2 Å². The Hall–Kier alpha value is -1.91. The molecule has 1 atom stereocenters. The van der Waals surface area contributed by atoms with E-state index in [0.29, 0.717) is 12.5 Å². The number of carbonyl (C=O) groups is 2. The highest BCUT2D eigenvalue weighted by atomic mass is 16.2. The van der Waals surface area contributed by atoms with Gasteiger partial charge in [-0.25, -0.2) is 0 Å². The highest BCUT2D eigenvalue weighted by molar-refractivity contribution is 5.90. The molecule has 2 aliphatic carbocycles. The van der Waals surface area contributed by atoms with Gasteiger partial charge in [-0.2, -0.15) is 0 Å². The average molecular weight is 341 g/mol. The van der Waals surface area contributed by atoms with Gasteiger partial charge in [0.15, 0.2) is 0 Å². The fourth-order valence-electron chi connectivity index (χ4n) is 4.22. The van der Waals surface area contributed by atoms with Crippen LogP contribution in [0.1, 0.15) is 50.5 Å². The minimum atomic E-state index is -0.380. The van der Waals surface area contributed by atoms with E-state index in [2.05, 4.69) is 10.3 Å². The average Bonchev–Trinajstić information content (AvgIpc) is 3.44. The normalized spacial score (nSPS) is 25.1. The smallest absolute Gasteiger partial charge is 0.233 e. The maximum atomic E-state index is 13.3. The monoisotopic (exact) mass is 341 g/mol. The third-order valence-corrected chi connectivity index (χ3v) is 6.19. The van der Waals surface area contributed by atoms with Crippen LogP contribution in [0.3, 0.4) is 0 Å². The van der Waals surface area contributed by atoms with Crippen LogP contribution >= 0.6 is 0 Å². The zero-order chi connectivity index (χ0) is 17.3. The molecule has 5 nitrogen and oxygen atoms in total. The molecule has 1 unspecified atom stereocenters. The van der Waals surface area contributed by atoms with Crippen molar-refractivity contribution in [1.82, 2.24) is 15.2 Å². The largest absolute Gasteiger partial charge is 0.356 e.